The number of amidine groups is 1. The van der Waals surface area contributed by atoms with E-state index < -0.39 is 5.56 Å². The molecule has 1 aromatic heterocycles. The maximum Gasteiger partial charge on any atom is 0.271 e. The zero-order valence-corrected chi connectivity index (χ0v) is 14.7. The summed E-state index contributed by atoms with van der Waals surface area (Å²) >= 11 is 1.21. The SMILES string of the molecule is N#Cc1c(N2CCCc3ccccc32)nc(SC/C(=N/N)NN)[nH]c1=O. The van der Waals surface area contributed by atoms with Crippen molar-refractivity contribution < 1.29 is 0 Å². The average Bonchev–Trinajstić information content (AvgIpc) is 2.68. The van der Waals surface area contributed by atoms with Crippen LogP contribution in [-0.2, 0) is 6.42 Å². The fraction of sp³-hybridized carbons (Fsp3) is 0.250. The molecule has 0 amide bonds. The van der Waals surface area contributed by atoms with E-state index in [0.29, 0.717) is 29.1 Å². The Morgan fingerprint density at radius 2 is 2.31 bits per heavy atom. The number of hydrogen-bond acceptors (Lipinski definition) is 8. The minimum atomic E-state index is -0.477. The van der Waals surface area contributed by atoms with Crippen LogP contribution in [0.15, 0.2) is 39.3 Å². The van der Waals surface area contributed by atoms with Crippen LogP contribution in [0.4, 0.5) is 11.5 Å². The van der Waals surface area contributed by atoms with Crippen molar-refractivity contribution in [2.75, 3.05) is 17.2 Å². The van der Waals surface area contributed by atoms with Gasteiger partial charge < -0.3 is 21.2 Å². The highest BCUT2D eigenvalue weighted by molar-refractivity contribution is 7.99. The van der Waals surface area contributed by atoms with E-state index in [9.17, 15) is 10.1 Å². The number of rotatable bonds is 4. The fourth-order valence-electron chi connectivity index (χ4n) is 2.81. The Labute approximate surface area is 154 Å². The molecule has 2 aromatic rings. The van der Waals surface area contributed by atoms with E-state index in [1.807, 2.05) is 35.2 Å². The number of aryl methyl sites for hydroxylation is 1. The van der Waals surface area contributed by atoms with Gasteiger partial charge >= 0.3 is 0 Å². The molecule has 3 rings (SSSR count). The molecule has 1 aliphatic rings. The van der Waals surface area contributed by atoms with Crippen molar-refractivity contribution in [1.29, 1.82) is 5.26 Å². The molecule has 26 heavy (non-hydrogen) atoms. The van der Waals surface area contributed by atoms with Crippen LogP contribution >= 0.6 is 11.8 Å². The van der Waals surface area contributed by atoms with Gasteiger partial charge in [0.2, 0.25) is 0 Å². The summed E-state index contributed by atoms with van der Waals surface area (Å²) in [7, 11) is 0. The number of aromatic nitrogens is 2. The first kappa shape index (κ1) is 17.8. The van der Waals surface area contributed by atoms with Crippen molar-refractivity contribution in [3.05, 3.63) is 45.7 Å². The molecule has 10 heteroatoms. The Kier molecular flexibility index (Phi) is 5.40. The number of benzene rings is 1. The lowest BCUT2D eigenvalue weighted by molar-refractivity contribution is 0.749. The molecule has 0 bridgehead atoms. The Bertz CT molecular complexity index is 933. The second-order valence-electron chi connectivity index (χ2n) is 5.57. The number of fused-ring (bicyclic) bond motifs is 1. The average molecular weight is 370 g/mol. The lowest BCUT2D eigenvalue weighted by atomic mass is 10.0. The molecule has 0 spiro atoms. The van der Waals surface area contributed by atoms with Crippen molar-refractivity contribution in [3.63, 3.8) is 0 Å². The highest BCUT2D eigenvalue weighted by Crippen LogP contribution is 2.33. The number of hydrogen-bond donors (Lipinski definition) is 4. The number of nitriles is 1. The molecular formula is C16H18N8OS. The number of nitrogens with two attached hydrogens (primary N) is 2. The predicted octanol–water partition coefficient (Wildman–Crippen LogP) is 0.553. The number of aromatic amines is 1. The van der Waals surface area contributed by atoms with Gasteiger partial charge in [-0.05, 0) is 24.5 Å². The summed E-state index contributed by atoms with van der Waals surface area (Å²) in [5.41, 5.74) is 4.03. The van der Waals surface area contributed by atoms with Crippen molar-refractivity contribution in [2.45, 2.75) is 18.0 Å². The predicted molar refractivity (Wildman–Crippen MR) is 101 cm³/mol. The van der Waals surface area contributed by atoms with Gasteiger partial charge in [0.25, 0.3) is 5.56 Å². The maximum atomic E-state index is 12.4. The molecule has 2 heterocycles. The number of H-pyrrole nitrogens is 1. The molecule has 1 aliphatic heterocycles. The van der Waals surface area contributed by atoms with E-state index in [4.69, 9.17) is 11.7 Å². The zero-order chi connectivity index (χ0) is 18.5. The molecule has 0 unspecified atom stereocenters. The zero-order valence-electron chi connectivity index (χ0n) is 13.9. The minimum absolute atomic E-state index is 0.00396. The number of nitrogens with zero attached hydrogens (tertiary/aromatic N) is 4. The molecule has 0 atom stereocenters. The summed E-state index contributed by atoms with van der Waals surface area (Å²) in [6.45, 7) is 0.687. The van der Waals surface area contributed by atoms with Crippen LogP contribution in [0.1, 0.15) is 17.5 Å². The molecule has 0 radical (unpaired) electrons. The molecule has 6 N–H and O–H groups in total. The monoisotopic (exact) mass is 370 g/mol. The van der Waals surface area contributed by atoms with Gasteiger partial charge in [0, 0.05) is 12.2 Å². The summed E-state index contributed by atoms with van der Waals surface area (Å²) in [5.74, 6) is 11.5. The number of nitrogens with one attached hydrogen (secondary N) is 2. The van der Waals surface area contributed by atoms with Crippen LogP contribution in [0.5, 0.6) is 0 Å². The summed E-state index contributed by atoms with van der Waals surface area (Å²) < 4.78 is 0. The van der Waals surface area contributed by atoms with Crippen LogP contribution in [-0.4, -0.2) is 28.1 Å². The van der Waals surface area contributed by atoms with E-state index in [0.717, 1.165) is 18.5 Å². The van der Waals surface area contributed by atoms with Gasteiger partial charge in [-0.3, -0.25) is 4.79 Å². The first-order chi connectivity index (χ1) is 12.7. The molecule has 1 aromatic carbocycles. The minimum Gasteiger partial charge on any atom is -0.325 e. The molecule has 134 valence electrons. The highest BCUT2D eigenvalue weighted by atomic mass is 32.2. The quantitative estimate of drug-likeness (QED) is 0.152. The van der Waals surface area contributed by atoms with Gasteiger partial charge in [0.15, 0.2) is 16.5 Å². The third-order valence-corrected chi connectivity index (χ3v) is 4.91. The molecule has 0 aliphatic carbocycles. The van der Waals surface area contributed by atoms with Crippen LogP contribution in [0.2, 0.25) is 0 Å². The smallest absolute Gasteiger partial charge is 0.271 e. The van der Waals surface area contributed by atoms with Gasteiger partial charge in [-0.25, -0.2) is 10.8 Å². The first-order valence-electron chi connectivity index (χ1n) is 7.94. The van der Waals surface area contributed by atoms with E-state index in [2.05, 4.69) is 20.5 Å². The Morgan fingerprint density at radius 1 is 1.50 bits per heavy atom. The van der Waals surface area contributed by atoms with E-state index in [-0.39, 0.29) is 5.56 Å². The van der Waals surface area contributed by atoms with Crippen molar-refractivity contribution in [1.82, 2.24) is 15.4 Å². The van der Waals surface area contributed by atoms with Gasteiger partial charge in [-0.15, -0.1) is 0 Å². The van der Waals surface area contributed by atoms with E-state index in [1.165, 1.54) is 17.3 Å². The lowest BCUT2D eigenvalue weighted by Crippen LogP contribution is -2.33. The Morgan fingerprint density at radius 3 is 3.04 bits per heavy atom. The van der Waals surface area contributed by atoms with Crippen molar-refractivity contribution >= 4 is 29.1 Å². The third kappa shape index (κ3) is 3.49. The van der Waals surface area contributed by atoms with Crippen molar-refractivity contribution in [3.8, 4) is 6.07 Å². The normalized spacial score (nSPS) is 13.8. The summed E-state index contributed by atoms with van der Waals surface area (Å²) in [5, 5.41) is 13.3. The fourth-order valence-corrected chi connectivity index (χ4v) is 3.56. The van der Waals surface area contributed by atoms with E-state index >= 15 is 0 Å². The standard InChI is InChI=1S/C16H18N8OS/c17-8-11-14(24-7-3-5-10-4-1-2-6-12(10)24)20-16(21-15(11)25)26-9-13(22-18)23-19/h1-2,4,6H,3,5,7,9,18-19H2,(H,22,23)(H,20,21,25). The maximum absolute atomic E-state index is 12.4. The molecular weight excluding hydrogens is 352 g/mol. The van der Waals surface area contributed by atoms with Crippen LogP contribution < -0.4 is 27.6 Å². The number of hydrazone groups is 1. The van der Waals surface area contributed by atoms with Gasteiger partial charge in [0.1, 0.15) is 11.9 Å². The van der Waals surface area contributed by atoms with Crippen LogP contribution in [0.25, 0.3) is 0 Å². The van der Waals surface area contributed by atoms with Gasteiger partial charge in [0.05, 0.1) is 5.75 Å². The first-order valence-corrected chi connectivity index (χ1v) is 8.92. The number of hydrazine groups is 1. The molecule has 0 fully saturated rings. The second-order valence-corrected chi connectivity index (χ2v) is 6.54. The summed E-state index contributed by atoms with van der Waals surface area (Å²) in [6, 6.07) is 9.91. The topological polar surface area (TPSA) is 149 Å². The van der Waals surface area contributed by atoms with E-state index in [1.54, 1.807) is 0 Å². The van der Waals surface area contributed by atoms with Crippen molar-refractivity contribution in [2.24, 2.45) is 16.8 Å². The number of thioether (sulfide) groups is 1. The molecule has 9 nitrogen and oxygen atoms in total. The Balaban J connectivity index is 2.02. The number of anilines is 2. The largest absolute Gasteiger partial charge is 0.325 e. The van der Waals surface area contributed by atoms with Crippen LogP contribution in [0, 0.1) is 11.3 Å². The number of para-hydroxylation sites is 1. The van der Waals surface area contributed by atoms with Gasteiger partial charge in [-0.1, -0.05) is 30.0 Å². The lowest BCUT2D eigenvalue weighted by Gasteiger charge is -2.30. The van der Waals surface area contributed by atoms with Gasteiger partial charge in [-0.2, -0.15) is 10.4 Å². The Hall–Kier alpha value is -3.03. The summed E-state index contributed by atoms with van der Waals surface area (Å²) in [6.07, 6.45) is 1.87. The highest BCUT2D eigenvalue weighted by Gasteiger charge is 2.24. The molecule has 0 saturated carbocycles. The molecule has 0 saturated heterocycles. The van der Waals surface area contributed by atoms with Crippen LogP contribution in [0.3, 0.4) is 0 Å². The summed E-state index contributed by atoms with van der Waals surface area (Å²) in [4.78, 5) is 21.4. The second kappa shape index (κ2) is 7.90. The third-order valence-electron chi connectivity index (χ3n) is 4.02.